The molecule has 3 aromatic carbocycles. The van der Waals surface area contributed by atoms with Gasteiger partial charge in [-0.25, -0.2) is 0 Å². The Kier molecular flexibility index (Phi) is 6.71. The third kappa shape index (κ3) is 4.05. The fourth-order valence-electron chi connectivity index (χ4n) is 8.74. The molecule has 6 aliphatic rings. The highest BCUT2D eigenvalue weighted by atomic mass is 16.5. The van der Waals surface area contributed by atoms with Gasteiger partial charge in [0.2, 0.25) is 23.6 Å². The van der Waals surface area contributed by atoms with Crippen LogP contribution in [-0.4, -0.2) is 36.8 Å². The molecule has 4 aliphatic carbocycles. The molecule has 2 heterocycles. The molecule has 0 N–H and O–H groups in total. The van der Waals surface area contributed by atoms with E-state index in [4.69, 9.17) is 9.47 Å². The summed E-state index contributed by atoms with van der Waals surface area (Å²) >= 11 is 0. The first-order valence-electron chi connectivity index (χ1n) is 16.1. The third-order valence-electron chi connectivity index (χ3n) is 10.4. The number of hydrogen-bond donors (Lipinski definition) is 0. The lowest BCUT2D eigenvalue weighted by Crippen LogP contribution is -2.51. The summed E-state index contributed by atoms with van der Waals surface area (Å²) in [6.07, 6.45) is 4.51. The van der Waals surface area contributed by atoms with Crippen LogP contribution in [0.3, 0.4) is 0 Å². The number of ether oxygens (including phenoxy) is 2. The van der Waals surface area contributed by atoms with E-state index >= 15 is 0 Å². The van der Waals surface area contributed by atoms with Gasteiger partial charge in [-0.3, -0.25) is 29.0 Å². The van der Waals surface area contributed by atoms with Gasteiger partial charge in [-0.05, 0) is 85.9 Å². The second kappa shape index (κ2) is 10.8. The van der Waals surface area contributed by atoms with Crippen LogP contribution >= 0.6 is 0 Å². The third-order valence-corrected chi connectivity index (χ3v) is 10.4. The van der Waals surface area contributed by atoms with E-state index in [0.29, 0.717) is 42.5 Å². The molecule has 2 bridgehead atoms. The van der Waals surface area contributed by atoms with Gasteiger partial charge < -0.3 is 9.47 Å². The number of rotatable bonds is 7. The predicted octanol–water partition coefficient (Wildman–Crippen LogP) is 5.68. The Morgan fingerprint density at radius 2 is 1.15 bits per heavy atom. The van der Waals surface area contributed by atoms with Crippen LogP contribution in [0, 0.1) is 41.4 Å². The van der Waals surface area contributed by atoms with Crippen LogP contribution in [0.2, 0.25) is 0 Å². The average Bonchev–Trinajstić information content (AvgIpc) is 3.51. The number of benzene rings is 3. The number of carbonyl (C=O) groups is 4. The molecule has 0 radical (unpaired) electrons. The Morgan fingerprint density at radius 1 is 0.609 bits per heavy atom. The lowest BCUT2D eigenvalue weighted by molar-refractivity contribution is -0.129. The summed E-state index contributed by atoms with van der Waals surface area (Å²) in [5.74, 6) is -3.07. The Bertz CT molecular complexity index is 1810. The molecule has 4 amide bonds. The molecule has 0 aromatic heterocycles. The number of nitrogens with zero attached hydrogens (tertiary/aromatic N) is 2. The van der Waals surface area contributed by atoms with E-state index in [-0.39, 0.29) is 35.5 Å². The Labute approximate surface area is 267 Å². The molecule has 2 saturated heterocycles. The van der Waals surface area contributed by atoms with E-state index in [1.807, 2.05) is 50.3 Å². The summed E-state index contributed by atoms with van der Waals surface area (Å²) in [4.78, 5) is 59.7. The van der Waals surface area contributed by atoms with Crippen molar-refractivity contribution in [3.8, 4) is 11.5 Å². The van der Waals surface area contributed by atoms with Crippen LogP contribution in [0.5, 0.6) is 11.5 Å². The van der Waals surface area contributed by atoms with Crippen LogP contribution in [0.15, 0.2) is 96.6 Å². The molecule has 232 valence electrons. The fraction of sp³-hybridized carbons (Fsp3) is 0.316. The first-order chi connectivity index (χ1) is 22.4. The Balaban J connectivity index is 1.22. The van der Waals surface area contributed by atoms with E-state index < -0.39 is 29.6 Å². The van der Waals surface area contributed by atoms with Crippen LogP contribution in [0.4, 0.5) is 11.4 Å². The first-order valence-corrected chi connectivity index (χ1v) is 16.1. The largest absolute Gasteiger partial charge is 0.494 e. The lowest BCUT2D eigenvalue weighted by atomic mass is 9.49. The van der Waals surface area contributed by atoms with Gasteiger partial charge in [0, 0.05) is 11.8 Å². The zero-order valence-corrected chi connectivity index (χ0v) is 25.7. The minimum Gasteiger partial charge on any atom is -0.494 e. The van der Waals surface area contributed by atoms with E-state index in [9.17, 15) is 19.2 Å². The summed E-state index contributed by atoms with van der Waals surface area (Å²) in [5.41, 5.74) is 4.06. The van der Waals surface area contributed by atoms with Gasteiger partial charge in [-0.15, -0.1) is 0 Å². The number of hydrogen-bond acceptors (Lipinski definition) is 6. The maximum atomic E-state index is 14.4. The highest BCUT2D eigenvalue weighted by Gasteiger charge is 2.67. The topological polar surface area (TPSA) is 93.2 Å². The number of allylic oxidation sites excluding steroid dienone is 4. The molecule has 8 nitrogen and oxygen atoms in total. The highest BCUT2D eigenvalue weighted by molar-refractivity contribution is 6.24. The van der Waals surface area contributed by atoms with Crippen molar-refractivity contribution in [1.82, 2.24) is 0 Å². The van der Waals surface area contributed by atoms with E-state index in [2.05, 4.69) is 6.08 Å². The summed E-state index contributed by atoms with van der Waals surface area (Å²) in [6.45, 7) is 4.83. The lowest BCUT2D eigenvalue weighted by Gasteiger charge is -2.51. The van der Waals surface area contributed by atoms with Gasteiger partial charge >= 0.3 is 0 Å². The number of carbonyl (C=O) groups excluding carboxylic acids is 4. The van der Waals surface area contributed by atoms with Crippen molar-refractivity contribution in [2.45, 2.75) is 20.3 Å². The molecule has 0 unspecified atom stereocenters. The molecular weight excluding hydrogens is 580 g/mol. The van der Waals surface area contributed by atoms with Crippen molar-refractivity contribution in [2.75, 3.05) is 23.0 Å². The van der Waals surface area contributed by atoms with Crippen molar-refractivity contribution >= 4 is 40.6 Å². The standard InChI is InChI=1S/C38H34N2O6/c1-3-45-24-14-10-22(11-15-24)39-35(41)29-20-28(21-8-6-5-7-9-21)30-26-18-19-27(31(30)34(29)38(39)44)33-32(26)36(42)40(37(33)43)23-12-16-25(17-13-23)46-4-2/h5-19,26-27,29,31-34H,3-4,20H2,1-2H3/t26-,27-,29-,31-,32-,33+,34+/m1/s1. The van der Waals surface area contributed by atoms with Crippen molar-refractivity contribution < 1.29 is 28.7 Å². The molecular formula is C38H34N2O6. The second-order valence-electron chi connectivity index (χ2n) is 12.6. The highest BCUT2D eigenvalue weighted by Crippen LogP contribution is 2.63. The van der Waals surface area contributed by atoms with Crippen LogP contribution in [-0.2, 0) is 19.2 Å². The summed E-state index contributed by atoms with van der Waals surface area (Å²) < 4.78 is 11.2. The zero-order chi connectivity index (χ0) is 31.7. The van der Waals surface area contributed by atoms with Gasteiger partial charge in [0.05, 0.1) is 48.3 Å². The molecule has 3 aromatic rings. The van der Waals surface area contributed by atoms with Gasteiger partial charge in [0.1, 0.15) is 11.5 Å². The SMILES string of the molecule is CCOc1ccc(N2C(=O)[C@H]3[C@@H]4C=C[C@H](C5=C(c6ccccc6)C[C@H]6C(=O)N(c7ccc(OCC)cc7)C(=O)[C@@H]6[C@@H]54)[C@H]3C2=O)cc1. The van der Waals surface area contributed by atoms with Crippen molar-refractivity contribution in [2.24, 2.45) is 41.4 Å². The number of amides is 4. The van der Waals surface area contributed by atoms with Gasteiger partial charge in [-0.2, -0.15) is 0 Å². The maximum Gasteiger partial charge on any atom is 0.238 e. The number of imide groups is 2. The molecule has 1 saturated carbocycles. The predicted molar refractivity (Wildman–Crippen MR) is 172 cm³/mol. The van der Waals surface area contributed by atoms with Crippen molar-refractivity contribution in [1.29, 1.82) is 0 Å². The van der Waals surface area contributed by atoms with Crippen LogP contribution in [0.1, 0.15) is 25.8 Å². The number of anilines is 2. The van der Waals surface area contributed by atoms with E-state index in [0.717, 1.165) is 16.7 Å². The van der Waals surface area contributed by atoms with Crippen LogP contribution < -0.4 is 19.3 Å². The first kappa shape index (κ1) is 28.5. The van der Waals surface area contributed by atoms with E-state index in [1.165, 1.54) is 9.80 Å². The zero-order valence-electron chi connectivity index (χ0n) is 25.7. The van der Waals surface area contributed by atoms with Crippen molar-refractivity contribution in [3.05, 3.63) is 102 Å². The molecule has 9 rings (SSSR count). The Hall–Kier alpha value is -4.98. The molecule has 0 spiro atoms. The quantitative estimate of drug-likeness (QED) is 0.251. The molecule has 3 fully saturated rings. The van der Waals surface area contributed by atoms with Gasteiger partial charge in [0.15, 0.2) is 0 Å². The Morgan fingerprint density at radius 3 is 1.74 bits per heavy atom. The smallest absolute Gasteiger partial charge is 0.238 e. The van der Waals surface area contributed by atoms with Gasteiger partial charge in [-0.1, -0.05) is 48.1 Å². The van der Waals surface area contributed by atoms with Crippen molar-refractivity contribution in [3.63, 3.8) is 0 Å². The maximum absolute atomic E-state index is 14.4. The average molecular weight is 615 g/mol. The van der Waals surface area contributed by atoms with E-state index in [1.54, 1.807) is 48.5 Å². The molecule has 46 heavy (non-hydrogen) atoms. The normalized spacial score (nSPS) is 29.3. The molecule has 2 aliphatic heterocycles. The van der Waals surface area contributed by atoms with Crippen LogP contribution in [0.25, 0.3) is 5.57 Å². The van der Waals surface area contributed by atoms with Gasteiger partial charge in [0.25, 0.3) is 0 Å². The minimum atomic E-state index is -0.623. The summed E-state index contributed by atoms with van der Waals surface area (Å²) in [6, 6.07) is 24.0. The summed E-state index contributed by atoms with van der Waals surface area (Å²) in [5, 5.41) is 0. The molecule has 7 atom stereocenters. The minimum absolute atomic E-state index is 0.219. The summed E-state index contributed by atoms with van der Waals surface area (Å²) in [7, 11) is 0. The second-order valence-corrected chi connectivity index (χ2v) is 12.6. The number of fused-ring (bicyclic) bond motifs is 1. The molecule has 8 heteroatoms. The monoisotopic (exact) mass is 614 g/mol. The fourth-order valence-corrected chi connectivity index (χ4v) is 8.74.